The minimum absolute atomic E-state index is 0.0224. The van der Waals surface area contributed by atoms with Crippen molar-refractivity contribution in [2.75, 3.05) is 6.54 Å². The van der Waals surface area contributed by atoms with Crippen molar-refractivity contribution in [1.82, 2.24) is 16.0 Å². The molecular formula is C25H25N3O3. The minimum atomic E-state index is -0.513. The highest BCUT2D eigenvalue weighted by molar-refractivity contribution is 5.94. The van der Waals surface area contributed by atoms with Crippen molar-refractivity contribution in [1.29, 1.82) is 0 Å². The second-order valence-electron chi connectivity index (χ2n) is 7.05. The second kappa shape index (κ2) is 11.3. The zero-order valence-corrected chi connectivity index (χ0v) is 17.1. The van der Waals surface area contributed by atoms with Crippen molar-refractivity contribution in [3.8, 4) is 0 Å². The van der Waals surface area contributed by atoms with Gasteiger partial charge in [-0.15, -0.1) is 0 Å². The van der Waals surface area contributed by atoms with Gasteiger partial charge in [-0.1, -0.05) is 78.9 Å². The van der Waals surface area contributed by atoms with Gasteiger partial charge in [-0.25, -0.2) is 0 Å². The third-order valence-electron chi connectivity index (χ3n) is 4.71. The first-order valence-corrected chi connectivity index (χ1v) is 10.1. The molecule has 0 saturated heterocycles. The number of hydrogen-bond donors (Lipinski definition) is 3. The van der Waals surface area contributed by atoms with Gasteiger partial charge in [0.1, 0.15) is 0 Å². The van der Waals surface area contributed by atoms with E-state index in [4.69, 9.17) is 0 Å². The molecule has 0 fully saturated rings. The fourth-order valence-corrected chi connectivity index (χ4v) is 3.06. The number of carbonyl (C=O) groups excluding carboxylic acids is 3. The normalized spacial score (nSPS) is 11.2. The number of amides is 3. The van der Waals surface area contributed by atoms with Crippen LogP contribution < -0.4 is 16.0 Å². The van der Waals surface area contributed by atoms with E-state index in [9.17, 15) is 14.4 Å². The summed E-state index contributed by atoms with van der Waals surface area (Å²) in [6.45, 7) is 0.273. The Labute approximate surface area is 181 Å². The zero-order valence-electron chi connectivity index (χ0n) is 17.1. The SMILES string of the molecule is O=C(CNC(=O)CC(NC(=O)c1ccccc1)c1ccccc1)NCc1ccccc1. The number of benzene rings is 3. The largest absolute Gasteiger partial charge is 0.350 e. The van der Waals surface area contributed by atoms with Crippen molar-refractivity contribution < 1.29 is 14.4 Å². The molecule has 0 bridgehead atoms. The van der Waals surface area contributed by atoms with Crippen LogP contribution in [-0.4, -0.2) is 24.3 Å². The van der Waals surface area contributed by atoms with E-state index in [0.29, 0.717) is 12.1 Å². The van der Waals surface area contributed by atoms with Gasteiger partial charge < -0.3 is 16.0 Å². The quantitative estimate of drug-likeness (QED) is 0.502. The van der Waals surface area contributed by atoms with Crippen LogP contribution in [0.2, 0.25) is 0 Å². The van der Waals surface area contributed by atoms with Gasteiger partial charge in [0.25, 0.3) is 5.91 Å². The fraction of sp³-hybridized carbons (Fsp3) is 0.160. The van der Waals surface area contributed by atoms with Gasteiger partial charge in [-0.3, -0.25) is 14.4 Å². The highest BCUT2D eigenvalue weighted by Crippen LogP contribution is 2.17. The predicted molar refractivity (Wildman–Crippen MR) is 119 cm³/mol. The van der Waals surface area contributed by atoms with E-state index >= 15 is 0 Å². The van der Waals surface area contributed by atoms with Crippen LogP contribution in [0.5, 0.6) is 0 Å². The van der Waals surface area contributed by atoms with Crippen LogP contribution in [0, 0.1) is 0 Å². The number of carbonyl (C=O) groups is 3. The molecule has 0 spiro atoms. The summed E-state index contributed by atoms with van der Waals surface area (Å²) in [5, 5.41) is 8.31. The van der Waals surface area contributed by atoms with E-state index in [-0.39, 0.29) is 30.7 Å². The number of nitrogens with one attached hydrogen (secondary N) is 3. The van der Waals surface area contributed by atoms with E-state index in [0.717, 1.165) is 11.1 Å². The third kappa shape index (κ3) is 7.12. The molecule has 6 heteroatoms. The summed E-state index contributed by atoms with van der Waals surface area (Å²) in [5.74, 6) is -0.860. The van der Waals surface area contributed by atoms with Crippen LogP contribution in [0.4, 0.5) is 0 Å². The van der Waals surface area contributed by atoms with Crippen molar-refractivity contribution in [3.05, 3.63) is 108 Å². The molecule has 3 rings (SSSR count). The molecule has 0 aliphatic rings. The molecule has 31 heavy (non-hydrogen) atoms. The molecule has 0 radical (unpaired) electrons. The summed E-state index contributed by atoms with van der Waals surface area (Å²) < 4.78 is 0. The Hall–Kier alpha value is -3.93. The highest BCUT2D eigenvalue weighted by atomic mass is 16.2. The average molecular weight is 415 g/mol. The topological polar surface area (TPSA) is 87.3 Å². The minimum Gasteiger partial charge on any atom is -0.350 e. The van der Waals surface area contributed by atoms with Gasteiger partial charge in [-0.05, 0) is 23.3 Å². The summed E-state index contributed by atoms with van der Waals surface area (Å²) in [5.41, 5.74) is 2.31. The standard InChI is InChI=1S/C25H25N3O3/c29-23(27-18-24(30)26-17-19-10-4-1-5-11-19)16-22(20-12-6-2-7-13-20)28-25(31)21-14-8-3-9-15-21/h1-15,22H,16-18H2,(H,26,30)(H,27,29)(H,28,31). The summed E-state index contributed by atoms with van der Waals surface area (Å²) in [7, 11) is 0. The molecule has 3 aromatic carbocycles. The molecule has 0 aromatic heterocycles. The molecule has 0 saturated carbocycles. The first-order chi connectivity index (χ1) is 15.1. The Morgan fingerprint density at radius 2 is 1.26 bits per heavy atom. The van der Waals surface area contributed by atoms with Crippen LogP contribution in [0.25, 0.3) is 0 Å². The maximum absolute atomic E-state index is 12.6. The number of rotatable bonds is 9. The Morgan fingerprint density at radius 1 is 0.677 bits per heavy atom. The summed E-state index contributed by atoms with van der Waals surface area (Å²) in [4.78, 5) is 37.1. The molecule has 0 aliphatic heterocycles. The van der Waals surface area contributed by atoms with Crippen LogP contribution >= 0.6 is 0 Å². The lowest BCUT2D eigenvalue weighted by Gasteiger charge is -2.19. The monoisotopic (exact) mass is 415 g/mol. The van der Waals surface area contributed by atoms with E-state index in [1.165, 1.54) is 0 Å². The van der Waals surface area contributed by atoms with Gasteiger partial charge >= 0.3 is 0 Å². The second-order valence-corrected chi connectivity index (χ2v) is 7.05. The van der Waals surface area contributed by atoms with Crippen LogP contribution in [-0.2, 0) is 16.1 Å². The molecule has 3 aromatic rings. The first-order valence-electron chi connectivity index (χ1n) is 10.1. The molecule has 3 amide bonds. The van der Waals surface area contributed by atoms with Gasteiger partial charge in [-0.2, -0.15) is 0 Å². The lowest BCUT2D eigenvalue weighted by molar-refractivity contribution is -0.126. The fourth-order valence-electron chi connectivity index (χ4n) is 3.06. The molecule has 3 N–H and O–H groups in total. The van der Waals surface area contributed by atoms with Gasteiger partial charge in [0.05, 0.1) is 19.0 Å². The Kier molecular flexibility index (Phi) is 7.94. The Morgan fingerprint density at radius 3 is 1.90 bits per heavy atom. The molecule has 6 nitrogen and oxygen atoms in total. The third-order valence-corrected chi connectivity index (χ3v) is 4.71. The van der Waals surface area contributed by atoms with Crippen molar-refractivity contribution in [2.24, 2.45) is 0 Å². The van der Waals surface area contributed by atoms with Gasteiger partial charge in [0.15, 0.2) is 0 Å². The van der Waals surface area contributed by atoms with Crippen LogP contribution in [0.3, 0.4) is 0 Å². The summed E-state index contributed by atoms with van der Waals surface area (Å²) in [6.07, 6.45) is 0.0224. The molecule has 0 aliphatic carbocycles. The number of hydrogen-bond acceptors (Lipinski definition) is 3. The lowest BCUT2D eigenvalue weighted by atomic mass is 10.0. The first kappa shape index (κ1) is 21.8. The van der Waals surface area contributed by atoms with Gasteiger partial charge in [0, 0.05) is 12.1 Å². The zero-order chi connectivity index (χ0) is 21.9. The van der Waals surface area contributed by atoms with Crippen molar-refractivity contribution in [2.45, 2.75) is 19.0 Å². The Bertz CT molecular complexity index is 992. The molecule has 1 atom stereocenters. The summed E-state index contributed by atoms with van der Waals surface area (Å²) in [6, 6.07) is 27.2. The van der Waals surface area contributed by atoms with Crippen molar-refractivity contribution in [3.63, 3.8) is 0 Å². The molecule has 0 heterocycles. The predicted octanol–water partition coefficient (Wildman–Crippen LogP) is 2.98. The van der Waals surface area contributed by atoms with E-state index < -0.39 is 6.04 Å². The smallest absolute Gasteiger partial charge is 0.251 e. The molecule has 1 unspecified atom stereocenters. The highest BCUT2D eigenvalue weighted by Gasteiger charge is 2.19. The maximum atomic E-state index is 12.6. The van der Waals surface area contributed by atoms with E-state index in [1.807, 2.05) is 66.7 Å². The van der Waals surface area contributed by atoms with E-state index in [2.05, 4.69) is 16.0 Å². The Balaban J connectivity index is 1.54. The van der Waals surface area contributed by atoms with Gasteiger partial charge in [0.2, 0.25) is 11.8 Å². The average Bonchev–Trinajstić information content (AvgIpc) is 2.82. The van der Waals surface area contributed by atoms with Crippen LogP contribution in [0.1, 0.15) is 33.9 Å². The van der Waals surface area contributed by atoms with E-state index in [1.54, 1.807) is 24.3 Å². The maximum Gasteiger partial charge on any atom is 0.251 e. The summed E-state index contributed by atoms with van der Waals surface area (Å²) >= 11 is 0. The lowest BCUT2D eigenvalue weighted by Crippen LogP contribution is -2.39. The molecule has 158 valence electrons. The van der Waals surface area contributed by atoms with Crippen LogP contribution in [0.15, 0.2) is 91.0 Å². The molecular weight excluding hydrogens is 390 g/mol. The van der Waals surface area contributed by atoms with Crippen molar-refractivity contribution >= 4 is 17.7 Å².